The molecule has 6 nitrogen and oxygen atoms in total. The van der Waals surface area contributed by atoms with Crippen LogP contribution in [0.3, 0.4) is 0 Å². The van der Waals surface area contributed by atoms with Gasteiger partial charge < -0.3 is 19.5 Å². The Bertz CT molecular complexity index is 1360. The van der Waals surface area contributed by atoms with E-state index in [1.807, 2.05) is 24.3 Å². The number of carbonyl (C=O) groups excluding carboxylic acids is 2. The van der Waals surface area contributed by atoms with Gasteiger partial charge in [0, 0.05) is 23.0 Å². The van der Waals surface area contributed by atoms with Gasteiger partial charge >= 0.3 is 7.12 Å². The predicted octanol–water partition coefficient (Wildman–Crippen LogP) is 6.50. The maximum absolute atomic E-state index is 13.7. The lowest BCUT2D eigenvalue weighted by atomic mass is 9.54. The zero-order valence-corrected chi connectivity index (χ0v) is 24.7. The third-order valence-corrected chi connectivity index (χ3v) is 9.43. The van der Waals surface area contributed by atoms with Crippen LogP contribution in [0.5, 0.6) is 11.5 Å². The molecule has 1 saturated heterocycles. The molecule has 204 valence electrons. The number of halogens is 1. The molecule has 0 radical (unpaired) electrons. The number of allylic oxidation sites excluding steroid dienone is 2. The molecular formula is C31H34BIO6. The van der Waals surface area contributed by atoms with E-state index in [4.69, 9.17) is 9.39 Å². The van der Waals surface area contributed by atoms with E-state index in [2.05, 4.69) is 42.5 Å². The molecule has 1 heterocycles. The summed E-state index contributed by atoms with van der Waals surface area (Å²) in [7, 11) is 0.566. The number of phenols is 1. The van der Waals surface area contributed by atoms with Gasteiger partial charge in [0.25, 0.3) is 0 Å². The maximum atomic E-state index is 13.7. The minimum Gasteiger partial charge on any atom is -0.504 e. The largest absolute Gasteiger partial charge is 0.504 e. The van der Waals surface area contributed by atoms with Crippen LogP contribution in [0.25, 0.3) is 6.08 Å². The first-order chi connectivity index (χ1) is 18.8. The Morgan fingerprint density at radius 1 is 1.15 bits per heavy atom. The zero-order chi connectivity index (χ0) is 27.8. The minimum absolute atomic E-state index is 0.0192. The highest BCUT2D eigenvalue weighted by atomic mass is 127. The van der Waals surface area contributed by atoms with Crippen LogP contribution in [-0.4, -0.2) is 42.0 Å². The summed E-state index contributed by atoms with van der Waals surface area (Å²) < 4.78 is 12.2. The Morgan fingerprint density at radius 3 is 2.54 bits per heavy atom. The number of hydrogen-bond acceptors (Lipinski definition) is 6. The molecule has 0 spiro atoms. The molecule has 2 N–H and O–H groups in total. The fourth-order valence-electron chi connectivity index (χ4n) is 6.74. The first-order valence-electron chi connectivity index (χ1n) is 13.8. The molecule has 8 heteroatoms. The first kappa shape index (κ1) is 28.1. The maximum Gasteiger partial charge on any atom is 0.455 e. The molecule has 0 unspecified atom stereocenters. The number of hydrogen-bond donors (Lipinski definition) is 2. The van der Waals surface area contributed by atoms with Crippen LogP contribution in [0, 0.1) is 21.3 Å². The number of ether oxygens (including phenoxy) is 1. The summed E-state index contributed by atoms with van der Waals surface area (Å²) in [6.07, 6.45) is 5.78. The summed E-state index contributed by atoms with van der Waals surface area (Å²) in [5.74, 6) is -0.385. The second-order valence-electron chi connectivity index (χ2n) is 10.7. The fraction of sp³-hybridized carbons (Fsp3) is 0.419. The fourth-order valence-corrected chi connectivity index (χ4v) is 7.37. The molecule has 3 aliphatic rings. The van der Waals surface area contributed by atoms with E-state index >= 15 is 0 Å². The van der Waals surface area contributed by atoms with Crippen LogP contribution in [0.15, 0.2) is 53.1 Å². The summed E-state index contributed by atoms with van der Waals surface area (Å²) in [5, 5.41) is 21.0. The third-order valence-electron chi connectivity index (χ3n) is 8.61. The highest BCUT2D eigenvalue weighted by molar-refractivity contribution is 14.1. The number of rotatable bonds is 7. The van der Waals surface area contributed by atoms with E-state index in [1.54, 1.807) is 19.2 Å². The van der Waals surface area contributed by atoms with Gasteiger partial charge in [-0.1, -0.05) is 55.3 Å². The van der Waals surface area contributed by atoms with Crippen molar-refractivity contribution in [3.05, 3.63) is 73.4 Å². The standard InChI is InChI=1S/C31H34BIO6/c1-4-17(12-18-13-24(33)31(36)26(14-18)38-3)10-11-25-27-19(5-2)15-22-28(23(27)16-32(37)39-25)30(35)21-9-7-6-8-20(21)29(22)34/h6-9,12-14,22-23,25,28,36-37H,4-5,10-11,15-16H2,1-3H3/b17-12+/t22-,23+,25-,28-/m1/s1. The first-order valence-corrected chi connectivity index (χ1v) is 14.8. The van der Waals surface area contributed by atoms with E-state index in [-0.39, 0.29) is 35.3 Å². The van der Waals surface area contributed by atoms with Gasteiger partial charge in [-0.05, 0) is 90.2 Å². The number of benzene rings is 2. The quantitative estimate of drug-likeness (QED) is 0.204. The van der Waals surface area contributed by atoms with Gasteiger partial charge in [-0.2, -0.15) is 0 Å². The number of carbonyl (C=O) groups is 2. The topological polar surface area (TPSA) is 93.1 Å². The lowest BCUT2D eigenvalue weighted by molar-refractivity contribution is 0.0599. The molecule has 0 amide bonds. The van der Waals surface area contributed by atoms with Crippen LogP contribution >= 0.6 is 22.6 Å². The Kier molecular flexibility index (Phi) is 8.36. The minimum atomic E-state index is -0.974. The summed E-state index contributed by atoms with van der Waals surface area (Å²) in [6.45, 7) is 4.21. The molecule has 0 aromatic heterocycles. The van der Waals surface area contributed by atoms with Crippen molar-refractivity contribution in [3.63, 3.8) is 0 Å². The SMILES string of the molecule is CCC1=C2[C@@H](CC/C(=C/c3cc(I)c(O)c(OC)c3)CC)OB(O)C[C@@H]2[C@@H]2C(=O)c3ccccc3C(=O)[C@@H]2C1. The molecule has 0 saturated carbocycles. The van der Waals surface area contributed by atoms with Gasteiger partial charge in [0.2, 0.25) is 0 Å². The number of ketones is 2. The highest BCUT2D eigenvalue weighted by Gasteiger charge is 2.53. The molecular weight excluding hydrogens is 606 g/mol. The lowest BCUT2D eigenvalue weighted by Gasteiger charge is -2.47. The van der Waals surface area contributed by atoms with Crippen molar-refractivity contribution in [2.24, 2.45) is 17.8 Å². The summed E-state index contributed by atoms with van der Waals surface area (Å²) in [5.41, 5.74) is 5.52. The van der Waals surface area contributed by atoms with Crippen LogP contribution in [0.1, 0.15) is 72.2 Å². The molecule has 39 heavy (non-hydrogen) atoms. The van der Waals surface area contributed by atoms with Crippen LogP contribution in [-0.2, 0) is 4.65 Å². The van der Waals surface area contributed by atoms with E-state index < -0.39 is 13.0 Å². The second kappa shape index (κ2) is 11.6. The number of methoxy groups -OCH3 is 1. The second-order valence-corrected chi connectivity index (χ2v) is 11.9. The number of fused-ring (bicyclic) bond motifs is 4. The van der Waals surface area contributed by atoms with Crippen molar-refractivity contribution < 1.29 is 29.1 Å². The van der Waals surface area contributed by atoms with Crippen LogP contribution in [0.2, 0.25) is 6.32 Å². The highest BCUT2D eigenvalue weighted by Crippen LogP contribution is 2.51. The molecule has 1 fully saturated rings. The molecule has 2 aromatic rings. The Labute approximate surface area is 243 Å². The van der Waals surface area contributed by atoms with Gasteiger partial charge in [0.1, 0.15) is 0 Å². The van der Waals surface area contributed by atoms with Crippen LogP contribution < -0.4 is 4.74 Å². The molecule has 4 atom stereocenters. The average Bonchev–Trinajstić information content (AvgIpc) is 2.94. The van der Waals surface area contributed by atoms with Crippen molar-refractivity contribution in [1.82, 2.24) is 0 Å². The van der Waals surface area contributed by atoms with Gasteiger partial charge in [-0.3, -0.25) is 9.59 Å². The number of aromatic hydroxyl groups is 1. The molecule has 5 rings (SSSR count). The Hall–Kier alpha value is -2.43. The van der Waals surface area contributed by atoms with Crippen molar-refractivity contribution in [2.45, 2.75) is 58.4 Å². The third kappa shape index (κ3) is 5.23. The lowest BCUT2D eigenvalue weighted by Crippen LogP contribution is -2.50. The van der Waals surface area contributed by atoms with Crippen molar-refractivity contribution in [3.8, 4) is 11.5 Å². The van der Waals surface area contributed by atoms with E-state index in [9.17, 15) is 19.7 Å². The molecule has 0 bridgehead atoms. The van der Waals surface area contributed by atoms with Gasteiger partial charge in [-0.15, -0.1) is 0 Å². The summed E-state index contributed by atoms with van der Waals surface area (Å²) in [6, 6.07) is 10.9. The monoisotopic (exact) mass is 640 g/mol. The van der Waals surface area contributed by atoms with Crippen molar-refractivity contribution >= 4 is 47.4 Å². The van der Waals surface area contributed by atoms with Gasteiger partial charge in [-0.25, -0.2) is 0 Å². The number of Topliss-reactive ketones (excluding diaryl/α,β-unsaturated/α-hetero) is 2. The Balaban J connectivity index is 1.44. The van der Waals surface area contributed by atoms with E-state index in [1.165, 1.54) is 11.1 Å². The summed E-state index contributed by atoms with van der Waals surface area (Å²) in [4.78, 5) is 27.3. The predicted molar refractivity (Wildman–Crippen MR) is 160 cm³/mol. The van der Waals surface area contributed by atoms with Crippen molar-refractivity contribution in [1.29, 1.82) is 0 Å². The zero-order valence-electron chi connectivity index (χ0n) is 22.6. The van der Waals surface area contributed by atoms with Gasteiger partial charge in [0.05, 0.1) is 16.8 Å². The smallest absolute Gasteiger partial charge is 0.455 e. The van der Waals surface area contributed by atoms with Crippen LogP contribution in [0.4, 0.5) is 0 Å². The summed E-state index contributed by atoms with van der Waals surface area (Å²) >= 11 is 2.10. The molecule has 2 aromatic carbocycles. The van der Waals surface area contributed by atoms with Gasteiger partial charge in [0.15, 0.2) is 23.1 Å². The van der Waals surface area contributed by atoms with E-state index in [0.717, 1.165) is 34.0 Å². The molecule has 1 aliphatic heterocycles. The van der Waals surface area contributed by atoms with E-state index in [0.29, 0.717) is 36.0 Å². The Morgan fingerprint density at radius 2 is 1.87 bits per heavy atom. The normalized spacial score (nSPS) is 24.8. The average molecular weight is 640 g/mol. The number of phenolic OH excluding ortho intramolecular Hbond substituents is 1. The molecule has 2 aliphatic carbocycles. The van der Waals surface area contributed by atoms with Crippen molar-refractivity contribution in [2.75, 3.05) is 7.11 Å².